The maximum absolute atomic E-state index is 5.42. The Morgan fingerprint density at radius 1 is 0.488 bits per heavy atom. The van der Waals surface area contributed by atoms with Crippen LogP contribution in [-0.4, -0.2) is 9.14 Å². The fourth-order valence-corrected chi connectivity index (χ4v) is 4.94. The zero-order chi connectivity index (χ0) is 29.2. The summed E-state index contributed by atoms with van der Waals surface area (Å²) in [6.07, 6.45) is 0. The zero-order valence-corrected chi connectivity index (χ0v) is 28.6. The van der Waals surface area contributed by atoms with Crippen molar-refractivity contribution in [3.8, 4) is 23.7 Å². The van der Waals surface area contributed by atoms with E-state index < -0.39 is 9.14 Å². The van der Waals surface area contributed by atoms with E-state index in [2.05, 4.69) is 145 Å². The molecule has 0 bridgehead atoms. The van der Waals surface area contributed by atoms with Crippen molar-refractivity contribution < 1.29 is 0 Å². The van der Waals surface area contributed by atoms with Crippen LogP contribution in [0.3, 0.4) is 0 Å². The van der Waals surface area contributed by atoms with Crippen LogP contribution in [0.2, 0.25) is 0 Å². The van der Waals surface area contributed by atoms with Crippen LogP contribution in [0, 0.1) is 35.5 Å². The van der Waals surface area contributed by atoms with Gasteiger partial charge in [-0.1, -0.05) is 127 Å². The predicted octanol–water partition coefficient (Wildman–Crippen LogP) is 11.1. The van der Waals surface area contributed by atoms with Gasteiger partial charge in [0.25, 0.3) is 0 Å². The molecule has 206 valence electrons. The van der Waals surface area contributed by atoms with Crippen LogP contribution < -0.4 is 0 Å². The molecule has 2 aliphatic carbocycles. The predicted molar refractivity (Wildman–Crippen MR) is 181 cm³/mol. The molecule has 0 aromatic heterocycles. The molecular formula is C34H23Cl6Sb. The van der Waals surface area contributed by atoms with E-state index in [-0.39, 0.29) is 5.92 Å². The van der Waals surface area contributed by atoms with Crippen LogP contribution in [-0.2, 0) is 0 Å². The summed E-state index contributed by atoms with van der Waals surface area (Å²) in [7, 11) is 25.0. The van der Waals surface area contributed by atoms with E-state index in [1.54, 1.807) is 0 Å². The van der Waals surface area contributed by atoms with Crippen LogP contribution in [0.15, 0.2) is 121 Å². The maximum atomic E-state index is 5.06. The van der Waals surface area contributed by atoms with E-state index in [0.29, 0.717) is 11.8 Å². The molecule has 0 radical (unpaired) electrons. The molecule has 41 heavy (non-hydrogen) atoms. The van der Waals surface area contributed by atoms with Gasteiger partial charge in [0.2, 0.25) is 5.92 Å². The van der Waals surface area contributed by atoms with Gasteiger partial charge >= 0.3 is 62.1 Å². The molecule has 0 amide bonds. The topological polar surface area (TPSA) is 0 Å². The minimum absolute atomic E-state index is 0.151. The van der Waals surface area contributed by atoms with Crippen LogP contribution in [0.4, 0.5) is 0 Å². The zero-order valence-electron chi connectivity index (χ0n) is 21.5. The van der Waals surface area contributed by atoms with Gasteiger partial charge in [-0.25, -0.2) is 0 Å². The number of hydrogen-bond donors (Lipinski definition) is 0. The SMILES string of the molecule is C(C#CC1C(c2ccccc2)=C1c1ccccc1)#C[C+]1C(c2ccccc2)C1c1ccccc1.[Cl][Sb-]([Cl])([Cl])([Cl])([Cl])[Cl]. The Balaban J connectivity index is 0.000000431. The second-order valence-corrected chi connectivity index (χ2v) is 66.6. The van der Waals surface area contributed by atoms with E-state index in [1.807, 2.05) is 0 Å². The number of halogens is 6. The van der Waals surface area contributed by atoms with Crippen molar-refractivity contribution in [2.24, 2.45) is 5.92 Å². The first-order valence-corrected chi connectivity index (χ1v) is 32.2. The van der Waals surface area contributed by atoms with E-state index in [0.717, 1.165) is 0 Å². The molecule has 7 heteroatoms. The van der Waals surface area contributed by atoms with Crippen molar-refractivity contribution in [3.63, 3.8) is 0 Å². The molecule has 1 fully saturated rings. The van der Waals surface area contributed by atoms with E-state index in [1.165, 1.54) is 39.3 Å². The summed E-state index contributed by atoms with van der Waals surface area (Å²) < 4.78 is 0. The molecule has 0 spiro atoms. The summed E-state index contributed by atoms with van der Waals surface area (Å²) in [4.78, 5) is 0. The van der Waals surface area contributed by atoms with Crippen LogP contribution in [0.1, 0.15) is 34.1 Å². The summed E-state index contributed by atoms with van der Waals surface area (Å²) in [5.41, 5.74) is 7.80. The number of rotatable bonds is 4. The van der Waals surface area contributed by atoms with Gasteiger partial charge in [-0.2, -0.15) is 0 Å². The molecule has 6 rings (SSSR count). The summed E-state index contributed by atoms with van der Waals surface area (Å²) in [5.74, 6) is 15.4. The van der Waals surface area contributed by atoms with Gasteiger partial charge in [0, 0.05) is 0 Å². The van der Waals surface area contributed by atoms with Gasteiger partial charge in [-0.05, 0) is 33.4 Å². The van der Waals surface area contributed by atoms with Crippen LogP contribution >= 0.6 is 53.0 Å². The third-order valence-corrected chi connectivity index (χ3v) is 6.65. The molecule has 4 aromatic rings. The summed E-state index contributed by atoms with van der Waals surface area (Å²) in [6, 6.07) is 42.5. The molecular weight excluding hydrogens is 743 g/mol. The second kappa shape index (κ2) is 11.7. The van der Waals surface area contributed by atoms with Gasteiger partial charge < -0.3 is 0 Å². The quantitative estimate of drug-likeness (QED) is 0.110. The number of hydrogen-bond acceptors (Lipinski definition) is 0. The van der Waals surface area contributed by atoms with Crippen molar-refractivity contribution in [2.45, 2.75) is 11.8 Å². The van der Waals surface area contributed by atoms with Crippen molar-refractivity contribution in [1.29, 1.82) is 0 Å². The van der Waals surface area contributed by atoms with Gasteiger partial charge in [0.15, 0.2) is 5.92 Å². The standard InChI is InChI=1S/C34H23.6ClH.Sb/c1-5-15-25(16-6-1)31-29(32(31)26-17-7-2-8-18-26)23-13-14-24-30-33(27-19-9-3-10-20-27)34(30)28-21-11-4-12-22-28;;;;;;;/h1-12,15-22,29,33-34H;6*1H;/q+1;;;;;;;+5/p-6. The van der Waals surface area contributed by atoms with Crippen LogP contribution in [0.25, 0.3) is 11.1 Å². The monoisotopic (exact) mass is 762 g/mol. The van der Waals surface area contributed by atoms with E-state index >= 15 is 0 Å². The third kappa shape index (κ3) is 9.33. The molecule has 0 heterocycles. The molecule has 0 saturated heterocycles. The average Bonchev–Trinajstić information content (AvgIpc) is 3.85. The third-order valence-electron chi connectivity index (χ3n) is 6.65. The van der Waals surface area contributed by atoms with Gasteiger partial charge in [-0.15, -0.1) is 0 Å². The van der Waals surface area contributed by atoms with Crippen molar-refractivity contribution >= 4 is 73.3 Å². The second-order valence-electron chi connectivity index (χ2n) is 9.70. The van der Waals surface area contributed by atoms with Crippen LogP contribution in [0.5, 0.6) is 0 Å². The fraction of sp³-hybridized carbons (Fsp3) is 0.0882. The molecule has 0 nitrogen and oxygen atoms in total. The van der Waals surface area contributed by atoms with Gasteiger partial charge in [0.05, 0.1) is 5.92 Å². The first kappa shape index (κ1) is 30.6. The molecule has 0 aliphatic heterocycles. The molecule has 2 atom stereocenters. The van der Waals surface area contributed by atoms with E-state index in [4.69, 9.17) is 53.0 Å². The average molecular weight is 766 g/mol. The molecule has 1 saturated carbocycles. The fourth-order valence-electron chi connectivity index (χ4n) is 4.94. The Hall–Kier alpha value is -1.83. The normalized spacial score (nSPS) is 19.2. The Labute approximate surface area is 261 Å². The molecule has 2 unspecified atom stereocenters. The summed E-state index contributed by atoms with van der Waals surface area (Å²) in [5, 5.41) is 0. The van der Waals surface area contributed by atoms with Crippen molar-refractivity contribution in [1.82, 2.24) is 0 Å². The number of benzene rings is 4. The van der Waals surface area contributed by atoms with Gasteiger partial charge in [0.1, 0.15) is 23.7 Å². The number of allylic oxidation sites excluding steroid dienone is 2. The summed E-state index contributed by atoms with van der Waals surface area (Å²) >= 11 is 0. The minimum atomic E-state index is -5.42. The van der Waals surface area contributed by atoms with Crippen molar-refractivity contribution in [3.05, 3.63) is 149 Å². The Morgan fingerprint density at radius 2 is 0.829 bits per heavy atom. The molecule has 0 N–H and O–H groups in total. The summed E-state index contributed by atoms with van der Waals surface area (Å²) in [6.45, 7) is 0. The first-order valence-electron chi connectivity index (χ1n) is 12.8. The van der Waals surface area contributed by atoms with Gasteiger partial charge in [-0.3, -0.25) is 0 Å². The Bertz CT molecular complexity index is 1550. The first-order chi connectivity index (χ1) is 19.4. The Kier molecular flexibility index (Phi) is 8.73. The van der Waals surface area contributed by atoms with E-state index in [9.17, 15) is 0 Å². The molecule has 2 aliphatic rings. The van der Waals surface area contributed by atoms with Crippen molar-refractivity contribution in [2.75, 3.05) is 0 Å². The molecule has 4 aromatic carbocycles. The Morgan fingerprint density at radius 3 is 1.20 bits per heavy atom.